The number of nitrogens with zero attached hydrogens (tertiary/aromatic N) is 1. The van der Waals surface area contributed by atoms with Crippen LogP contribution in [-0.2, 0) is 13.0 Å². The molecular weight excluding hydrogens is 288 g/mol. The maximum atomic E-state index is 12.5. The number of nitrogens with one attached hydrogen (secondary N) is 1. The lowest BCUT2D eigenvalue weighted by Crippen LogP contribution is -2.42. The Labute approximate surface area is 130 Å². The number of rotatable bonds is 5. The van der Waals surface area contributed by atoms with Gasteiger partial charge in [-0.3, -0.25) is 14.3 Å². The van der Waals surface area contributed by atoms with E-state index >= 15 is 0 Å². The minimum atomic E-state index is -0.378. The van der Waals surface area contributed by atoms with Gasteiger partial charge in [0.15, 0.2) is 0 Å². The highest BCUT2D eigenvalue weighted by molar-refractivity contribution is 6.30. The van der Waals surface area contributed by atoms with Gasteiger partial charge in [-0.15, -0.1) is 0 Å². The molecule has 0 unspecified atom stereocenters. The molecule has 118 valence electrons. The van der Waals surface area contributed by atoms with Crippen molar-refractivity contribution in [2.75, 3.05) is 0 Å². The van der Waals surface area contributed by atoms with E-state index in [4.69, 9.17) is 11.6 Å². The van der Waals surface area contributed by atoms with Gasteiger partial charge in [0.2, 0.25) is 0 Å². The number of H-pyrrole nitrogens is 1. The fraction of sp³-hybridized carbons (Fsp3) is 0.750. The molecule has 0 radical (unpaired) electrons. The van der Waals surface area contributed by atoms with Crippen molar-refractivity contribution in [1.29, 1.82) is 0 Å². The minimum absolute atomic E-state index is 0.0871. The first-order valence-corrected chi connectivity index (χ1v) is 8.28. The van der Waals surface area contributed by atoms with Crippen LogP contribution in [-0.4, -0.2) is 9.55 Å². The quantitative estimate of drug-likeness (QED) is 0.848. The summed E-state index contributed by atoms with van der Waals surface area (Å²) < 4.78 is 1.37. The normalized spacial score (nSPS) is 17.6. The van der Waals surface area contributed by atoms with E-state index in [1.54, 1.807) is 0 Å². The van der Waals surface area contributed by atoms with Gasteiger partial charge in [-0.1, -0.05) is 45.2 Å². The van der Waals surface area contributed by atoms with E-state index in [9.17, 15) is 9.59 Å². The topological polar surface area (TPSA) is 54.9 Å². The Morgan fingerprint density at radius 2 is 1.90 bits per heavy atom. The third-order valence-electron chi connectivity index (χ3n) is 4.58. The molecule has 4 nitrogen and oxygen atoms in total. The van der Waals surface area contributed by atoms with E-state index in [0.29, 0.717) is 24.4 Å². The highest BCUT2D eigenvalue weighted by Gasteiger charge is 2.35. The Kier molecular flexibility index (Phi) is 4.97. The molecule has 0 atom stereocenters. The minimum Gasteiger partial charge on any atom is -0.297 e. The number of halogens is 1. The Morgan fingerprint density at radius 1 is 1.29 bits per heavy atom. The lowest BCUT2D eigenvalue weighted by Gasteiger charge is -2.31. The zero-order valence-corrected chi connectivity index (χ0v) is 13.9. The highest BCUT2D eigenvalue weighted by Crippen LogP contribution is 2.44. The standard InChI is InChI=1S/C16H25ClN2O2/c1-4-12-13(17)18-15(21)19(14(12)20)10-16(9-11(2)3)7-5-6-8-16/h11H,4-10H2,1-3H3,(H,18,21). The molecule has 5 heteroatoms. The third kappa shape index (κ3) is 3.42. The molecule has 1 aliphatic carbocycles. The molecule has 1 aromatic rings. The first-order valence-electron chi connectivity index (χ1n) is 7.90. The van der Waals surface area contributed by atoms with Crippen LogP contribution in [0.25, 0.3) is 0 Å². The summed E-state index contributed by atoms with van der Waals surface area (Å²) in [6, 6.07) is 0. The fourth-order valence-corrected chi connectivity index (χ4v) is 4.08. The van der Waals surface area contributed by atoms with Crippen molar-refractivity contribution >= 4 is 11.6 Å². The van der Waals surface area contributed by atoms with Gasteiger partial charge < -0.3 is 0 Å². The maximum absolute atomic E-state index is 12.5. The summed E-state index contributed by atoms with van der Waals surface area (Å²) in [7, 11) is 0. The first kappa shape index (κ1) is 16.3. The van der Waals surface area contributed by atoms with Crippen LogP contribution in [0.2, 0.25) is 5.15 Å². The van der Waals surface area contributed by atoms with E-state index in [2.05, 4.69) is 18.8 Å². The summed E-state index contributed by atoms with van der Waals surface area (Å²) in [5.41, 5.74) is -0.00317. The fourth-order valence-electron chi connectivity index (χ4n) is 3.79. The molecule has 0 aromatic carbocycles. The number of hydrogen-bond donors (Lipinski definition) is 1. The van der Waals surface area contributed by atoms with E-state index in [-0.39, 0.29) is 21.8 Å². The largest absolute Gasteiger partial charge is 0.329 e. The zero-order valence-electron chi connectivity index (χ0n) is 13.2. The molecule has 1 heterocycles. The lowest BCUT2D eigenvalue weighted by atomic mass is 9.78. The van der Waals surface area contributed by atoms with Gasteiger partial charge in [-0.2, -0.15) is 0 Å². The van der Waals surface area contributed by atoms with Gasteiger partial charge in [-0.25, -0.2) is 4.79 Å². The summed E-state index contributed by atoms with van der Waals surface area (Å²) in [6.45, 7) is 6.80. The first-order chi connectivity index (χ1) is 9.88. The van der Waals surface area contributed by atoms with Crippen molar-refractivity contribution in [1.82, 2.24) is 9.55 Å². The van der Waals surface area contributed by atoms with Gasteiger partial charge in [0.25, 0.3) is 5.56 Å². The molecule has 1 saturated carbocycles. The smallest absolute Gasteiger partial charge is 0.297 e. The Hall–Kier alpha value is -1.03. The summed E-state index contributed by atoms with van der Waals surface area (Å²) >= 11 is 5.97. The molecule has 2 rings (SSSR count). The second-order valence-corrected chi connectivity index (χ2v) is 7.15. The van der Waals surface area contributed by atoms with Crippen molar-refractivity contribution in [2.24, 2.45) is 11.3 Å². The second-order valence-electron chi connectivity index (χ2n) is 6.77. The predicted molar refractivity (Wildman–Crippen MR) is 86.1 cm³/mol. The Balaban J connectivity index is 2.42. The Morgan fingerprint density at radius 3 is 2.43 bits per heavy atom. The molecular formula is C16H25ClN2O2. The van der Waals surface area contributed by atoms with Crippen molar-refractivity contribution in [3.63, 3.8) is 0 Å². The molecule has 1 aliphatic rings. The van der Waals surface area contributed by atoms with Crippen molar-refractivity contribution in [3.8, 4) is 0 Å². The highest BCUT2D eigenvalue weighted by atomic mass is 35.5. The van der Waals surface area contributed by atoms with Crippen molar-refractivity contribution in [3.05, 3.63) is 31.6 Å². The Bertz CT molecular complexity index is 610. The van der Waals surface area contributed by atoms with Gasteiger partial charge in [-0.05, 0) is 37.0 Å². The van der Waals surface area contributed by atoms with Gasteiger partial charge in [0.05, 0.1) is 5.56 Å². The molecule has 0 aliphatic heterocycles. The van der Waals surface area contributed by atoms with Crippen LogP contribution in [0.5, 0.6) is 0 Å². The molecule has 0 bridgehead atoms. The lowest BCUT2D eigenvalue weighted by molar-refractivity contribution is 0.191. The van der Waals surface area contributed by atoms with Crippen molar-refractivity contribution in [2.45, 2.75) is 65.8 Å². The molecule has 1 fully saturated rings. The van der Waals surface area contributed by atoms with Crippen LogP contribution in [0.15, 0.2) is 9.59 Å². The van der Waals surface area contributed by atoms with Gasteiger partial charge >= 0.3 is 5.69 Å². The molecule has 21 heavy (non-hydrogen) atoms. The van der Waals surface area contributed by atoms with Crippen LogP contribution in [0.4, 0.5) is 0 Å². The van der Waals surface area contributed by atoms with Crippen LogP contribution >= 0.6 is 11.6 Å². The molecule has 1 N–H and O–H groups in total. The van der Waals surface area contributed by atoms with Crippen LogP contribution < -0.4 is 11.2 Å². The average Bonchev–Trinajstić information content (AvgIpc) is 2.82. The SMILES string of the molecule is CCc1c(Cl)[nH]c(=O)n(CC2(CC(C)C)CCCC2)c1=O. The van der Waals surface area contributed by atoms with Gasteiger partial charge in [0, 0.05) is 6.54 Å². The number of aromatic amines is 1. The monoisotopic (exact) mass is 312 g/mol. The summed E-state index contributed by atoms with van der Waals surface area (Å²) in [5.74, 6) is 0.566. The average molecular weight is 313 g/mol. The van der Waals surface area contributed by atoms with Crippen LogP contribution in [0, 0.1) is 11.3 Å². The molecule has 0 amide bonds. The summed E-state index contributed by atoms with van der Waals surface area (Å²) in [5, 5.41) is 0.188. The number of aromatic nitrogens is 2. The van der Waals surface area contributed by atoms with Crippen LogP contribution in [0.1, 0.15) is 58.4 Å². The second kappa shape index (κ2) is 6.39. The molecule has 1 aromatic heterocycles. The van der Waals surface area contributed by atoms with Crippen LogP contribution in [0.3, 0.4) is 0 Å². The third-order valence-corrected chi connectivity index (χ3v) is 4.91. The maximum Gasteiger partial charge on any atom is 0.329 e. The van der Waals surface area contributed by atoms with E-state index in [1.165, 1.54) is 17.4 Å². The molecule has 0 spiro atoms. The summed E-state index contributed by atoms with van der Waals surface area (Å²) in [6.07, 6.45) is 6.16. The van der Waals surface area contributed by atoms with E-state index < -0.39 is 0 Å². The zero-order chi connectivity index (χ0) is 15.6. The van der Waals surface area contributed by atoms with Crippen molar-refractivity contribution < 1.29 is 0 Å². The molecule has 0 saturated heterocycles. The summed E-state index contributed by atoms with van der Waals surface area (Å²) in [4.78, 5) is 27.3. The predicted octanol–water partition coefficient (Wildman–Crippen LogP) is 3.36. The van der Waals surface area contributed by atoms with Gasteiger partial charge in [0.1, 0.15) is 5.15 Å². The van der Waals surface area contributed by atoms with E-state index in [0.717, 1.165) is 19.3 Å². The number of hydrogen-bond acceptors (Lipinski definition) is 2. The van der Waals surface area contributed by atoms with E-state index in [1.807, 2.05) is 6.92 Å².